The van der Waals surface area contributed by atoms with Crippen molar-refractivity contribution < 1.29 is 9.47 Å². The van der Waals surface area contributed by atoms with Gasteiger partial charge in [-0.25, -0.2) is 0 Å². The van der Waals surface area contributed by atoms with Crippen molar-refractivity contribution in [1.82, 2.24) is 5.43 Å². The second kappa shape index (κ2) is 6.52. The lowest BCUT2D eigenvalue weighted by atomic mass is 9.99. The Kier molecular flexibility index (Phi) is 5.00. The highest BCUT2D eigenvalue weighted by atomic mass is 79.9. The number of ether oxygens (including phenoxy) is 2. The second-order valence-electron chi connectivity index (χ2n) is 4.48. The molecule has 0 spiro atoms. The van der Waals surface area contributed by atoms with Gasteiger partial charge in [0.05, 0.1) is 19.3 Å². The number of methoxy groups -OCH3 is 1. The molecule has 2 rings (SSSR count). The van der Waals surface area contributed by atoms with Crippen molar-refractivity contribution in [3.63, 3.8) is 0 Å². The molecule has 0 aromatic heterocycles. The molecule has 0 saturated carbocycles. The Balaban J connectivity index is 2.12. The van der Waals surface area contributed by atoms with Crippen LogP contribution in [0.3, 0.4) is 0 Å². The number of benzene rings is 1. The van der Waals surface area contributed by atoms with E-state index < -0.39 is 0 Å². The SMILES string of the molecule is COc1ccc(Br)cc1CC(NN)C1CCCO1. The highest BCUT2D eigenvalue weighted by Crippen LogP contribution is 2.26. The molecule has 100 valence electrons. The number of hydrogen-bond acceptors (Lipinski definition) is 4. The lowest BCUT2D eigenvalue weighted by molar-refractivity contribution is 0.0782. The van der Waals surface area contributed by atoms with Crippen LogP contribution in [0.4, 0.5) is 0 Å². The first-order valence-electron chi connectivity index (χ1n) is 6.14. The van der Waals surface area contributed by atoms with Crippen molar-refractivity contribution in [3.8, 4) is 5.75 Å². The average molecular weight is 315 g/mol. The van der Waals surface area contributed by atoms with Crippen LogP contribution in [0.5, 0.6) is 5.75 Å². The first-order chi connectivity index (χ1) is 8.74. The number of nitrogens with two attached hydrogens (primary N) is 1. The Labute approximate surface area is 116 Å². The number of rotatable bonds is 5. The predicted molar refractivity (Wildman–Crippen MR) is 74.5 cm³/mol. The van der Waals surface area contributed by atoms with Crippen LogP contribution in [0.15, 0.2) is 22.7 Å². The van der Waals surface area contributed by atoms with E-state index >= 15 is 0 Å². The van der Waals surface area contributed by atoms with E-state index in [1.54, 1.807) is 7.11 Å². The summed E-state index contributed by atoms with van der Waals surface area (Å²) in [5.74, 6) is 6.53. The third-order valence-electron chi connectivity index (χ3n) is 3.31. The molecular formula is C13H19BrN2O2. The van der Waals surface area contributed by atoms with Gasteiger partial charge in [-0.05, 0) is 43.0 Å². The molecule has 0 bridgehead atoms. The summed E-state index contributed by atoms with van der Waals surface area (Å²) in [5, 5.41) is 0. The van der Waals surface area contributed by atoms with Crippen LogP contribution in [0.25, 0.3) is 0 Å². The monoisotopic (exact) mass is 314 g/mol. The van der Waals surface area contributed by atoms with E-state index in [2.05, 4.69) is 27.4 Å². The molecule has 1 aliphatic heterocycles. The van der Waals surface area contributed by atoms with E-state index in [0.29, 0.717) is 0 Å². The highest BCUT2D eigenvalue weighted by molar-refractivity contribution is 9.10. The van der Waals surface area contributed by atoms with Crippen molar-refractivity contribution in [2.75, 3.05) is 13.7 Å². The number of nitrogens with one attached hydrogen (secondary N) is 1. The lowest BCUT2D eigenvalue weighted by Gasteiger charge is -2.23. The van der Waals surface area contributed by atoms with Crippen LogP contribution in [0, 0.1) is 0 Å². The molecule has 0 aliphatic carbocycles. The minimum atomic E-state index is 0.121. The fraction of sp³-hybridized carbons (Fsp3) is 0.538. The number of hydrazine groups is 1. The molecule has 1 saturated heterocycles. The van der Waals surface area contributed by atoms with Crippen LogP contribution in [0.1, 0.15) is 18.4 Å². The molecule has 1 aromatic carbocycles. The van der Waals surface area contributed by atoms with Gasteiger partial charge in [-0.3, -0.25) is 11.3 Å². The Hall–Kier alpha value is -0.620. The molecule has 1 aromatic rings. The van der Waals surface area contributed by atoms with Crippen molar-refractivity contribution in [2.24, 2.45) is 5.84 Å². The Morgan fingerprint density at radius 1 is 1.61 bits per heavy atom. The maximum absolute atomic E-state index is 5.69. The van der Waals surface area contributed by atoms with E-state index in [1.165, 1.54) is 0 Å². The molecule has 5 heteroatoms. The van der Waals surface area contributed by atoms with Crippen LogP contribution >= 0.6 is 15.9 Å². The molecular weight excluding hydrogens is 296 g/mol. The zero-order valence-corrected chi connectivity index (χ0v) is 12.1. The molecule has 0 radical (unpaired) electrons. The van der Waals surface area contributed by atoms with Gasteiger partial charge in [0.2, 0.25) is 0 Å². The highest BCUT2D eigenvalue weighted by Gasteiger charge is 2.26. The van der Waals surface area contributed by atoms with E-state index in [9.17, 15) is 0 Å². The Bertz CT molecular complexity index is 395. The quantitative estimate of drug-likeness (QED) is 0.645. The fourth-order valence-electron chi connectivity index (χ4n) is 2.36. The predicted octanol–water partition coefficient (Wildman–Crippen LogP) is 2.01. The van der Waals surface area contributed by atoms with Gasteiger partial charge in [-0.1, -0.05) is 15.9 Å². The molecule has 4 nitrogen and oxygen atoms in total. The topological polar surface area (TPSA) is 56.5 Å². The van der Waals surface area contributed by atoms with Crippen molar-refractivity contribution in [1.29, 1.82) is 0 Å². The molecule has 1 aliphatic rings. The van der Waals surface area contributed by atoms with Gasteiger partial charge in [0, 0.05) is 11.1 Å². The van der Waals surface area contributed by atoms with Crippen LogP contribution < -0.4 is 16.0 Å². The normalized spacial score (nSPS) is 20.9. The molecule has 18 heavy (non-hydrogen) atoms. The van der Waals surface area contributed by atoms with Gasteiger partial charge >= 0.3 is 0 Å². The minimum Gasteiger partial charge on any atom is -0.496 e. The van der Waals surface area contributed by atoms with E-state index in [1.807, 2.05) is 12.1 Å². The summed E-state index contributed by atoms with van der Waals surface area (Å²) in [5.41, 5.74) is 4.00. The molecule has 1 heterocycles. The summed E-state index contributed by atoms with van der Waals surface area (Å²) in [6, 6.07) is 6.12. The summed E-state index contributed by atoms with van der Waals surface area (Å²) in [6.07, 6.45) is 3.16. The summed E-state index contributed by atoms with van der Waals surface area (Å²) in [4.78, 5) is 0. The van der Waals surface area contributed by atoms with Gasteiger partial charge in [0.15, 0.2) is 0 Å². The smallest absolute Gasteiger partial charge is 0.122 e. The van der Waals surface area contributed by atoms with Crippen molar-refractivity contribution in [2.45, 2.75) is 31.4 Å². The zero-order chi connectivity index (χ0) is 13.0. The fourth-order valence-corrected chi connectivity index (χ4v) is 2.77. The van der Waals surface area contributed by atoms with E-state index in [0.717, 1.165) is 41.7 Å². The van der Waals surface area contributed by atoms with Crippen molar-refractivity contribution in [3.05, 3.63) is 28.2 Å². The van der Waals surface area contributed by atoms with Crippen molar-refractivity contribution >= 4 is 15.9 Å². The van der Waals surface area contributed by atoms with Crippen LogP contribution in [-0.4, -0.2) is 25.9 Å². The van der Waals surface area contributed by atoms with Gasteiger partial charge in [0.1, 0.15) is 5.75 Å². The maximum Gasteiger partial charge on any atom is 0.122 e. The minimum absolute atomic E-state index is 0.121. The largest absolute Gasteiger partial charge is 0.496 e. The van der Waals surface area contributed by atoms with Gasteiger partial charge < -0.3 is 9.47 Å². The Morgan fingerprint density at radius 3 is 3.06 bits per heavy atom. The standard InChI is InChI=1S/C13H19BrN2O2/c1-17-12-5-4-10(14)7-9(12)8-11(16-15)13-3-2-6-18-13/h4-5,7,11,13,16H,2-3,6,8,15H2,1H3. The summed E-state index contributed by atoms with van der Waals surface area (Å²) in [6.45, 7) is 0.832. The van der Waals surface area contributed by atoms with E-state index in [-0.39, 0.29) is 12.1 Å². The van der Waals surface area contributed by atoms with Crippen LogP contribution in [-0.2, 0) is 11.2 Å². The van der Waals surface area contributed by atoms with Gasteiger partial charge in [-0.15, -0.1) is 0 Å². The van der Waals surface area contributed by atoms with Gasteiger partial charge in [-0.2, -0.15) is 0 Å². The lowest BCUT2D eigenvalue weighted by Crippen LogP contribution is -2.45. The summed E-state index contributed by atoms with van der Waals surface area (Å²) < 4.78 is 12.1. The number of hydrogen-bond donors (Lipinski definition) is 2. The Morgan fingerprint density at radius 2 is 2.44 bits per heavy atom. The molecule has 1 fully saturated rings. The first kappa shape index (κ1) is 13.8. The summed E-state index contributed by atoms with van der Waals surface area (Å²) in [7, 11) is 1.68. The molecule has 2 atom stereocenters. The molecule has 2 unspecified atom stereocenters. The molecule has 0 amide bonds. The van der Waals surface area contributed by atoms with E-state index in [4.69, 9.17) is 15.3 Å². The first-order valence-corrected chi connectivity index (χ1v) is 6.94. The second-order valence-corrected chi connectivity index (χ2v) is 5.40. The third-order valence-corrected chi connectivity index (χ3v) is 3.80. The number of halogens is 1. The third kappa shape index (κ3) is 3.23. The summed E-state index contributed by atoms with van der Waals surface area (Å²) >= 11 is 3.48. The van der Waals surface area contributed by atoms with Crippen LogP contribution in [0.2, 0.25) is 0 Å². The average Bonchev–Trinajstić information content (AvgIpc) is 2.90. The zero-order valence-electron chi connectivity index (χ0n) is 10.5. The van der Waals surface area contributed by atoms with Gasteiger partial charge in [0.25, 0.3) is 0 Å². The molecule has 3 N–H and O–H groups in total. The maximum atomic E-state index is 5.69.